The summed E-state index contributed by atoms with van der Waals surface area (Å²) in [5, 5.41) is 9.62. The van der Waals surface area contributed by atoms with Gasteiger partial charge in [-0.1, -0.05) is 13.0 Å². The molecule has 82 valence electrons. The summed E-state index contributed by atoms with van der Waals surface area (Å²) in [6.45, 7) is 3.45. The van der Waals surface area contributed by atoms with Gasteiger partial charge in [0.1, 0.15) is 5.82 Å². The third-order valence-corrected chi connectivity index (χ3v) is 2.66. The van der Waals surface area contributed by atoms with E-state index in [1.807, 2.05) is 4.90 Å². The molecule has 1 aromatic heterocycles. The number of halogens is 1. The van der Waals surface area contributed by atoms with Crippen LogP contribution in [0.5, 0.6) is 0 Å². The lowest BCUT2D eigenvalue weighted by Gasteiger charge is -2.34. The van der Waals surface area contributed by atoms with Crippen LogP contribution < -0.4 is 4.90 Å². The van der Waals surface area contributed by atoms with Crippen molar-refractivity contribution in [3.63, 3.8) is 0 Å². The van der Waals surface area contributed by atoms with E-state index in [1.165, 1.54) is 6.07 Å². The van der Waals surface area contributed by atoms with Crippen LogP contribution in [0.2, 0.25) is 0 Å². The van der Waals surface area contributed by atoms with E-state index in [-0.39, 0.29) is 6.10 Å². The molecule has 0 aromatic carbocycles. The fourth-order valence-corrected chi connectivity index (χ4v) is 2.08. The number of hydrogen-bond donors (Lipinski definition) is 1. The van der Waals surface area contributed by atoms with Crippen LogP contribution in [-0.2, 0) is 0 Å². The van der Waals surface area contributed by atoms with E-state index in [1.54, 1.807) is 12.1 Å². The molecule has 3 nitrogen and oxygen atoms in total. The monoisotopic (exact) mass is 210 g/mol. The minimum Gasteiger partial charge on any atom is -0.391 e. The average molecular weight is 210 g/mol. The largest absolute Gasteiger partial charge is 0.391 e. The van der Waals surface area contributed by atoms with E-state index < -0.39 is 5.95 Å². The second kappa shape index (κ2) is 4.14. The summed E-state index contributed by atoms with van der Waals surface area (Å²) < 4.78 is 12.9. The summed E-state index contributed by atoms with van der Waals surface area (Å²) in [4.78, 5) is 5.75. The summed E-state index contributed by atoms with van der Waals surface area (Å²) in [6, 6.07) is 4.74. The average Bonchev–Trinajstić information content (AvgIpc) is 2.16. The van der Waals surface area contributed by atoms with E-state index >= 15 is 0 Å². The Hall–Kier alpha value is -1.16. The molecule has 1 N–H and O–H groups in total. The van der Waals surface area contributed by atoms with Gasteiger partial charge in [-0.15, -0.1) is 0 Å². The van der Waals surface area contributed by atoms with Crippen molar-refractivity contribution in [1.82, 2.24) is 4.98 Å². The first-order valence-electron chi connectivity index (χ1n) is 5.20. The zero-order chi connectivity index (χ0) is 10.8. The van der Waals surface area contributed by atoms with Crippen LogP contribution >= 0.6 is 0 Å². The third kappa shape index (κ3) is 2.45. The molecule has 0 radical (unpaired) electrons. The number of pyridine rings is 1. The maximum Gasteiger partial charge on any atom is 0.214 e. The first kappa shape index (κ1) is 10.4. The number of aromatic nitrogens is 1. The van der Waals surface area contributed by atoms with Gasteiger partial charge in [-0.25, -0.2) is 4.98 Å². The number of aliphatic hydroxyl groups excluding tert-OH is 1. The van der Waals surface area contributed by atoms with Crippen LogP contribution in [0.1, 0.15) is 13.3 Å². The highest BCUT2D eigenvalue weighted by Crippen LogP contribution is 2.21. The standard InChI is InChI=1S/C11H15FN2O/c1-8-5-9(15)7-14(6-8)11-4-2-3-10(12)13-11/h2-4,8-9,15H,5-7H2,1H3. The van der Waals surface area contributed by atoms with Crippen molar-refractivity contribution in [3.8, 4) is 0 Å². The van der Waals surface area contributed by atoms with Crippen molar-refractivity contribution >= 4 is 5.82 Å². The molecule has 0 bridgehead atoms. The zero-order valence-corrected chi connectivity index (χ0v) is 8.73. The van der Waals surface area contributed by atoms with Crippen molar-refractivity contribution in [3.05, 3.63) is 24.1 Å². The van der Waals surface area contributed by atoms with E-state index in [4.69, 9.17) is 0 Å². The third-order valence-electron chi connectivity index (χ3n) is 2.66. The van der Waals surface area contributed by atoms with Crippen LogP contribution in [0, 0.1) is 11.9 Å². The molecule has 0 spiro atoms. The van der Waals surface area contributed by atoms with Crippen LogP contribution in [0.15, 0.2) is 18.2 Å². The van der Waals surface area contributed by atoms with E-state index in [2.05, 4.69) is 11.9 Å². The Labute approximate surface area is 88.6 Å². The van der Waals surface area contributed by atoms with E-state index in [0.717, 1.165) is 13.0 Å². The number of hydrogen-bond acceptors (Lipinski definition) is 3. The Morgan fingerprint density at radius 2 is 2.27 bits per heavy atom. The van der Waals surface area contributed by atoms with Crippen molar-refractivity contribution in [2.75, 3.05) is 18.0 Å². The molecular weight excluding hydrogens is 195 g/mol. The highest BCUT2D eigenvalue weighted by Gasteiger charge is 2.23. The van der Waals surface area contributed by atoms with E-state index in [9.17, 15) is 9.50 Å². The van der Waals surface area contributed by atoms with Crippen LogP contribution in [0.25, 0.3) is 0 Å². The smallest absolute Gasteiger partial charge is 0.214 e. The van der Waals surface area contributed by atoms with Crippen LogP contribution in [0.3, 0.4) is 0 Å². The number of β-amino-alcohol motifs (C(OH)–C–C–N with tert-alkyl or cyclic N) is 1. The lowest BCUT2D eigenvalue weighted by atomic mass is 9.98. The predicted molar refractivity (Wildman–Crippen MR) is 56.2 cm³/mol. The molecule has 1 saturated heterocycles. The summed E-state index contributed by atoms with van der Waals surface area (Å²) in [5.74, 6) is 0.555. The fraction of sp³-hybridized carbons (Fsp3) is 0.545. The molecule has 1 aromatic rings. The minimum atomic E-state index is -0.472. The molecule has 1 aliphatic heterocycles. The maximum absolute atomic E-state index is 12.9. The topological polar surface area (TPSA) is 36.4 Å². The Kier molecular flexibility index (Phi) is 2.86. The number of aliphatic hydroxyl groups is 1. The molecule has 0 amide bonds. The molecule has 4 heteroatoms. The Morgan fingerprint density at radius 3 is 2.93 bits per heavy atom. The minimum absolute atomic E-state index is 0.334. The summed E-state index contributed by atoms with van der Waals surface area (Å²) >= 11 is 0. The first-order valence-corrected chi connectivity index (χ1v) is 5.20. The Bertz CT molecular complexity index is 335. The summed E-state index contributed by atoms with van der Waals surface area (Å²) in [6.07, 6.45) is 0.477. The van der Waals surface area contributed by atoms with Gasteiger partial charge in [-0.05, 0) is 24.5 Å². The van der Waals surface area contributed by atoms with E-state index in [0.29, 0.717) is 18.3 Å². The summed E-state index contributed by atoms with van der Waals surface area (Å²) in [5.41, 5.74) is 0. The zero-order valence-electron chi connectivity index (χ0n) is 8.73. The number of piperidine rings is 1. The molecule has 1 aliphatic rings. The van der Waals surface area contributed by atoms with Crippen molar-refractivity contribution in [2.45, 2.75) is 19.4 Å². The number of anilines is 1. The first-order chi connectivity index (χ1) is 7.15. The van der Waals surface area contributed by atoms with Gasteiger partial charge < -0.3 is 10.0 Å². The SMILES string of the molecule is CC1CC(O)CN(c2cccc(F)n2)C1. The Morgan fingerprint density at radius 1 is 1.47 bits per heavy atom. The second-order valence-electron chi connectivity index (χ2n) is 4.22. The molecule has 2 rings (SSSR count). The highest BCUT2D eigenvalue weighted by atomic mass is 19.1. The lowest BCUT2D eigenvalue weighted by molar-refractivity contribution is 0.132. The van der Waals surface area contributed by atoms with Gasteiger partial charge in [0.25, 0.3) is 0 Å². The molecule has 0 saturated carbocycles. The van der Waals surface area contributed by atoms with Gasteiger partial charge in [0, 0.05) is 13.1 Å². The quantitative estimate of drug-likeness (QED) is 0.712. The molecule has 2 heterocycles. The van der Waals surface area contributed by atoms with Gasteiger partial charge in [0.2, 0.25) is 5.95 Å². The molecule has 0 aliphatic carbocycles. The van der Waals surface area contributed by atoms with Gasteiger partial charge in [-0.3, -0.25) is 0 Å². The van der Waals surface area contributed by atoms with Crippen molar-refractivity contribution in [1.29, 1.82) is 0 Å². The van der Waals surface area contributed by atoms with Crippen LogP contribution in [-0.4, -0.2) is 29.3 Å². The van der Waals surface area contributed by atoms with Gasteiger partial charge in [-0.2, -0.15) is 4.39 Å². The molecule has 2 unspecified atom stereocenters. The Balaban J connectivity index is 2.16. The molecule has 1 fully saturated rings. The van der Waals surface area contributed by atoms with Crippen LogP contribution in [0.4, 0.5) is 10.2 Å². The fourth-order valence-electron chi connectivity index (χ4n) is 2.08. The van der Waals surface area contributed by atoms with Gasteiger partial charge >= 0.3 is 0 Å². The van der Waals surface area contributed by atoms with Gasteiger partial charge in [0.05, 0.1) is 6.10 Å². The second-order valence-corrected chi connectivity index (χ2v) is 4.22. The number of nitrogens with zero attached hydrogens (tertiary/aromatic N) is 2. The maximum atomic E-state index is 12.9. The molecule has 15 heavy (non-hydrogen) atoms. The molecular formula is C11H15FN2O. The highest BCUT2D eigenvalue weighted by molar-refractivity contribution is 5.38. The number of rotatable bonds is 1. The lowest BCUT2D eigenvalue weighted by Crippen LogP contribution is -2.42. The summed E-state index contributed by atoms with van der Waals surface area (Å²) in [7, 11) is 0. The van der Waals surface area contributed by atoms with Gasteiger partial charge in [0.15, 0.2) is 0 Å². The predicted octanol–water partition coefficient (Wildman–Crippen LogP) is 1.43. The normalized spacial score (nSPS) is 26.7. The molecule has 2 atom stereocenters. The van der Waals surface area contributed by atoms with Crippen molar-refractivity contribution in [2.24, 2.45) is 5.92 Å². The van der Waals surface area contributed by atoms with Crippen molar-refractivity contribution < 1.29 is 9.50 Å².